The Labute approximate surface area is 162 Å². The maximum absolute atomic E-state index is 11.1. The number of hydrogen-bond donors (Lipinski definition) is 1. The van der Waals surface area contributed by atoms with Crippen molar-refractivity contribution in [2.24, 2.45) is 0 Å². The SMILES string of the molecule is CSc1ccc2ncnc(N3CCC(O)(c4scnc4Br)CC3)c2c1. The molecule has 0 aliphatic carbocycles. The Morgan fingerprint density at radius 1 is 1.24 bits per heavy atom. The van der Waals surface area contributed by atoms with Gasteiger partial charge in [0, 0.05) is 23.4 Å². The molecule has 1 aliphatic heterocycles. The Kier molecular flexibility index (Phi) is 4.70. The molecule has 5 nitrogen and oxygen atoms in total. The molecule has 0 atom stereocenters. The summed E-state index contributed by atoms with van der Waals surface area (Å²) in [5.41, 5.74) is 1.91. The predicted molar refractivity (Wildman–Crippen MR) is 106 cm³/mol. The van der Waals surface area contributed by atoms with E-state index >= 15 is 0 Å². The van der Waals surface area contributed by atoms with E-state index in [0.29, 0.717) is 12.8 Å². The number of hydrogen-bond acceptors (Lipinski definition) is 7. The van der Waals surface area contributed by atoms with Crippen LogP contribution in [0.5, 0.6) is 0 Å². The van der Waals surface area contributed by atoms with E-state index in [-0.39, 0.29) is 0 Å². The molecule has 1 aromatic carbocycles. The summed E-state index contributed by atoms with van der Waals surface area (Å²) in [6.07, 6.45) is 5.00. The van der Waals surface area contributed by atoms with E-state index in [4.69, 9.17) is 0 Å². The molecule has 4 rings (SSSR count). The molecule has 25 heavy (non-hydrogen) atoms. The number of anilines is 1. The lowest BCUT2D eigenvalue weighted by Crippen LogP contribution is -2.42. The summed E-state index contributed by atoms with van der Waals surface area (Å²) in [7, 11) is 0. The minimum Gasteiger partial charge on any atom is -0.384 e. The van der Waals surface area contributed by atoms with Crippen LogP contribution in [0.1, 0.15) is 17.7 Å². The maximum atomic E-state index is 11.1. The topological polar surface area (TPSA) is 62.1 Å². The summed E-state index contributed by atoms with van der Waals surface area (Å²) < 4.78 is 0.755. The second-order valence-electron chi connectivity index (χ2n) is 6.07. The molecule has 1 fully saturated rings. The molecular weight excluding hydrogens is 420 g/mol. The van der Waals surface area contributed by atoms with Crippen molar-refractivity contribution in [3.63, 3.8) is 0 Å². The monoisotopic (exact) mass is 436 g/mol. The molecule has 0 bridgehead atoms. The first-order valence-corrected chi connectivity index (χ1v) is 10.9. The van der Waals surface area contributed by atoms with Gasteiger partial charge in [0.2, 0.25) is 0 Å². The van der Waals surface area contributed by atoms with Crippen LogP contribution < -0.4 is 4.90 Å². The van der Waals surface area contributed by atoms with Gasteiger partial charge in [-0.15, -0.1) is 23.1 Å². The van der Waals surface area contributed by atoms with Crippen molar-refractivity contribution in [2.75, 3.05) is 24.2 Å². The zero-order valence-corrected chi connectivity index (χ0v) is 16.9. The third kappa shape index (κ3) is 3.16. The second-order valence-corrected chi connectivity index (χ2v) is 8.56. The summed E-state index contributed by atoms with van der Waals surface area (Å²) in [6, 6.07) is 6.27. The Bertz CT molecular complexity index is 909. The minimum absolute atomic E-state index is 0.654. The molecule has 0 amide bonds. The van der Waals surface area contributed by atoms with Gasteiger partial charge in [-0.3, -0.25) is 0 Å². The van der Waals surface area contributed by atoms with Crippen LogP contribution in [0.15, 0.2) is 39.5 Å². The molecule has 0 radical (unpaired) electrons. The smallest absolute Gasteiger partial charge is 0.139 e. The van der Waals surface area contributed by atoms with E-state index in [1.165, 1.54) is 16.2 Å². The normalized spacial score (nSPS) is 17.2. The highest BCUT2D eigenvalue weighted by Crippen LogP contribution is 2.40. The minimum atomic E-state index is -0.816. The van der Waals surface area contributed by atoms with Crippen molar-refractivity contribution >= 4 is 55.7 Å². The largest absolute Gasteiger partial charge is 0.384 e. The average Bonchev–Trinajstić information content (AvgIpc) is 3.08. The van der Waals surface area contributed by atoms with Crippen molar-refractivity contribution in [3.8, 4) is 0 Å². The van der Waals surface area contributed by atoms with E-state index in [0.717, 1.165) is 39.3 Å². The Morgan fingerprint density at radius 3 is 2.72 bits per heavy atom. The number of fused-ring (bicyclic) bond motifs is 1. The molecule has 3 heterocycles. The molecule has 130 valence electrons. The fourth-order valence-electron chi connectivity index (χ4n) is 3.25. The molecule has 3 aromatic rings. The molecule has 1 N–H and O–H groups in total. The Morgan fingerprint density at radius 2 is 2.04 bits per heavy atom. The van der Waals surface area contributed by atoms with Crippen LogP contribution in [0.4, 0.5) is 5.82 Å². The van der Waals surface area contributed by atoms with Crippen LogP contribution in [-0.4, -0.2) is 39.4 Å². The number of halogens is 1. The van der Waals surface area contributed by atoms with Crippen LogP contribution in [0.25, 0.3) is 10.9 Å². The van der Waals surface area contributed by atoms with E-state index in [1.54, 1.807) is 23.6 Å². The maximum Gasteiger partial charge on any atom is 0.139 e. The van der Waals surface area contributed by atoms with Gasteiger partial charge in [-0.2, -0.15) is 0 Å². The van der Waals surface area contributed by atoms with Gasteiger partial charge >= 0.3 is 0 Å². The first-order chi connectivity index (χ1) is 12.1. The lowest BCUT2D eigenvalue weighted by Gasteiger charge is -2.38. The summed E-state index contributed by atoms with van der Waals surface area (Å²) in [5.74, 6) is 0.950. The van der Waals surface area contributed by atoms with Crippen molar-refractivity contribution in [1.29, 1.82) is 0 Å². The molecule has 0 unspecified atom stereocenters. The van der Waals surface area contributed by atoms with Crippen LogP contribution in [0, 0.1) is 0 Å². The predicted octanol–water partition coefficient (Wildman–Crippen LogP) is 4.06. The summed E-state index contributed by atoms with van der Waals surface area (Å²) in [5, 5.41) is 12.1. The van der Waals surface area contributed by atoms with E-state index < -0.39 is 5.60 Å². The highest BCUT2D eigenvalue weighted by atomic mass is 79.9. The fraction of sp³-hybridized carbons (Fsp3) is 0.353. The third-order valence-corrected chi connectivity index (χ3v) is 7.27. The van der Waals surface area contributed by atoms with Crippen LogP contribution in [0.2, 0.25) is 0 Å². The molecule has 1 saturated heterocycles. The summed E-state index contributed by atoms with van der Waals surface area (Å²) >= 11 is 6.67. The number of thioether (sulfide) groups is 1. The molecule has 0 saturated carbocycles. The molecule has 2 aromatic heterocycles. The zero-order chi connectivity index (χ0) is 17.4. The lowest BCUT2D eigenvalue weighted by atomic mass is 9.90. The average molecular weight is 437 g/mol. The standard InChI is InChI=1S/C17H17BrN4OS2/c1-24-11-2-3-13-12(8-11)16(20-9-19-13)22-6-4-17(23,5-7-22)14-15(18)21-10-25-14/h2-3,8-10,23H,4-7H2,1H3. The quantitative estimate of drug-likeness (QED) is 0.624. The molecule has 0 spiro atoms. The van der Waals surface area contributed by atoms with Gasteiger partial charge in [0.15, 0.2) is 0 Å². The van der Waals surface area contributed by atoms with Crippen molar-refractivity contribution in [1.82, 2.24) is 15.0 Å². The van der Waals surface area contributed by atoms with E-state index in [9.17, 15) is 5.11 Å². The number of aliphatic hydroxyl groups is 1. The van der Waals surface area contributed by atoms with Crippen LogP contribution in [-0.2, 0) is 5.60 Å². The van der Waals surface area contributed by atoms with E-state index in [2.05, 4.69) is 54.2 Å². The highest BCUT2D eigenvalue weighted by molar-refractivity contribution is 9.10. The van der Waals surface area contributed by atoms with Crippen LogP contribution >= 0.6 is 39.0 Å². The zero-order valence-electron chi connectivity index (χ0n) is 13.6. The lowest BCUT2D eigenvalue weighted by molar-refractivity contribution is 0.0144. The third-order valence-electron chi connectivity index (χ3n) is 4.66. The number of aromatic nitrogens is 3. The van der Waals surface area contributed by atoms with E-state index in [1.807, 2.05) is 6.07 Å². The van der Waals surface area contributed by atoms with Crippen molar-refractivity contribution in [2.45, 2.75) is 23.3 Å². The van der Waals surface area contributed by atoms with Crippen LogP contribution in [0.3, 0.4) is 0 Å². The van der Waals surface area contributed by atoms with Gasteiger partial charge < -0.3 is 10.0 Å². The van der Waals surface area contributed by atoms with Crippen molar-refractivity contribution in [3.05, 3.63) is 39.5 Å². The number of nitrogens with zero attached hydrogens (tertiary/aromatic N) is 4. The van der Waals surface area contributed by atoms with Gasteiger partial charge in [0.05, 0.1) is 15.9 Å². The number of thiazole rings is 1. The number of piperidine rings is 1. The Balaban J connectivity index is 1.63. The summed E-state index contributed by atoms with van der Waals surface area (Å²) in [6.45, 7) is 1.49. The highest BCUT2D eigenvalue weighted by Gasteiger charge is 2.37. The second kappa shape index (κ2) is 6.83. The number of rotatable bonds is 3. The fourth-order valence-corrected chi connectivity index (χ4v) is 5.41. The summed E-state index contributed by atoms with van der Waals surface area (Å²) in [4.78, 5) is 17.5. The van der Waals surface area contributed by atoms with Gasteiger partial charge in [-0.05, 0) is 53.2 Å². The van der Waals surface area contributed by atoms with Gasteiger partial charge in [0.1, 0.15) is 22.3 Å². The molecular formula is C17H17BrN4OS2. The Hall–Kier alpha value is -1.22. The number of benzene rings is 1. The first-order valence-electron chi connectivity index (χ1n) is 7.96. The molecule has 8 heteroatoms. The van der Waals surface area contributed by atoms with Crippen molar-refractivity contribution < 1.29 is 5.11 Å². The van der Waals surface area contributed by atoms with Gasteiger partial charge in [-0.1, -0.05) is 0 Å². The van der Waals surface area contributed by atoms with Gasteiger partial charge in [0.25, 0.3) is 0 Å². The molecule has 1 aliphatic rings. The first kappa shape index (κ1) is 17.2. The van der Waals surface area contributed by atoms with Gasteiger partial charge in [-0.25, -0.2) is 15.0 Å².